The molecular weight excluding hydrogens is 434 g/mol. The number of rotatable bonds is 9. The van der Waals surface area contributed by atoms with Gasteiger partial charge in [0.1, 0.15) is 11.5 Å². The second kappa shape index (κ2) is 11.2. The largest absolute Gasteiger partial charge is 0.347 e. The lowest BCUT2D eigenvalue weighted by atomic mass is 10.0. The molecule has 182 valence electrons. The number of benzene rings is 3. The van der Waals surface area contributed by atoms with Gasteiger partial charge in [0.2, 0.25) is 0 Å². The number of carbonyl (C=O) groups is 2. The molecule has 4 rings (SSSR count). The zero-order valence-electron chi connectivity index (χ0n) is 20.1. The first kappa shape index (κ1) is 25.9. The molecule has 3 aromatic carbocycles. The van der Waals surface area contributed by atoms with E-state index in [1.807, 2.05) is 48.7 Å². The number of aromatic nitrogens is 1. The molecule has 4 aromatic rings. The van der Waals surface area contributed by atoms with Gasteiger partial charge in [-0.25, -0.2) is 0 Å². The second-order valence-corrected chi connectivity index (χ2v) is 9.60. The molecule has 0 aliphatic heterocycles. The molecule has 0 saturated carbocycles. The third kappa shape index (κ3) is 6.67. The van der Waals surface area contributed by atoms with Crippen molar-refractivity contribution in [2.45, 2.75) is 33.2 Å². The summed E-state index contributed by atoms with van der Waals surface area (Å²) in [5.41, 5.74) is 4.79. The molecule has 1 amide bonds. The summed E-state index contributed by atoms with van der Waals surface area (Å²) in [6, 6.07) is 25.5. The minimum absolute atomic E-state index is 0. The lowest BCUT2D eigenvalue weighted by Crippen LogP contribution is -2.34. The summed E-state index contributed by atoms with van der Waals surface area (Å²) in [5.74, 6) is 0.144. The Morgan fingerprint density at radius 3 is 2.29 bits per heavy atom. The SMILES string of the molecule is C.C[N+](C)(C)c1ccc(CC(=O)CCCn2ccc3cc(NC(=O)c4ccccc4)ccc32)cc1. The van der Waals surface area contributed by atoms with Crippen molar-refractivity contribution in [3.05, 3.63) is 96.2 Å². The normalized spacial score (nSPS) is 11.2. The summed E-state index contributed by atoms with van der Waals surface area (Å²) in [5, 5.41) is 4.02. The molecule has 0 unspecified atom stereocenters. The summed E-state index contributed by atoms with van der Waals surface area (Å²) in [7, 11) is 6.39. The van der Waals surface area contributed by atoms with E-state index in [1.165, 1.54) is 5.69 Å². The molecule has 0 spiro atoms. The quantitative estimate of drug-likeness (QED) is 0.291. The van der Waals surface area contributed by atoms with Crippen molar-refractivity contribution < 1.29 is 9.59 Å². The van der Waals surface area contributed by atoms with Crippen molar-refractivity contribution in [3.63, 3.8) is 0 Å². The molecule has 0 atom stereocenters. The number of hydrogen-bond acceptors (Lipinski definition) is 2. The lowest BCUT2D eigenvalue weighted by molar-refractivity contribution is -0.118. The van der Waals surface area contributed by atoms with E-state index < -0.39 is 0 Å². The van der Waals surface area contributed by atoms with Crippen LogP contribution in [0.5, 0.6) is 0 Å². The van der Waals surface area contributed by atoms with Crippen molar-refractivity contribution >= 4 is 34.0 Å². The molecule has 0 aliphatic rings. The number of nitrogens with zero attached hydrogens (tertiary/aromatic N) is 2. The first-order valence-electron chi connectivity index (χ1n) is 11.7. The zero-order valence-corrected chi connectivity index (χ0v) is 20.1. The highest BCUT2D eigenvalue weighted by atomic mass is 16.1. The van der Waals surface area contributed by atoms with Crippen LogP contribution in [0.3, 0.4) is 0 Å². The van der Waals surface area contributed by atoms with Crippen LogP contribution in [0.1, 0.15) is 36.2 Å². The Bertz CT molecular complexity index is 1280. The maximum absolute atomic E-state index is 12.5. The fraction of sp³-hybridized carbons (Fsp3) is 0.267. The van der Waals surface area contributed by atoms with E-state index in [4.69, 9.17) is 0 Å². The van der Waals surface area contributed by atoms with Gasteiger partial charge in [-0.1, -0.05) is 37.8 Å². The van der Waals surface area contributed by atoms with Crippen molar-refractivity contribution in [1.29, 1.82) is 0 Å². The van der Waals surface area contributed by atoms with Crippen molar-refractivity contribution in [2.24, 2.45) is 0 Å². The molecule has 1 aromatic heterocycles. The third-order valence-electron chi connectivity index (χ3n) is 6.03. The van der Waals surface area contributed by atoms with Gasteiger partial charge >= 0.3 is 0 Å². The fourth-order valence-electron chi connectivity index (χ4n) is 4.09. The molecular formula is C30H36N3O2+. The van der Waals surface area contributed by atoms with Crippen LogP contribution in [-0.4, -0.2) is 37.4 Å². The predicted molar refractivity (Wildman–Crippen MR) is 147 cm³/mol. The molecule has 0 saturated heterocycles. The van der Waals surface area contributed by atoms with Crippen LogP contribution < -0.4 is 9.80 Å². The molecule has 1 heterocycles. The fourth-order valence-corrected chi connectivity index (χ4v) is 4.09. The van der Waals surface area contributed by atoms with E-state index in [-0.39, 0.29) is 19.1 Å². The minimum atomic E-state index is -0.120. The van der Waals surface area contributed by atoms with E-state index in [0.717, 1.165) is 39.6 Å². The van der Waals surface area contributed by atoms with Crippen LogP contribution in [0.4, 0.5) is 11.4 Å². The Balaban J connectivity index is 0.00000342. The Hall–Kier alpha value is -3.70. The third-order valence-corrected chi connectivity index (χ3v) is 6.03. The van der Waals surface area contributed by atoms with Crippen molar-refractivity contribution in [3.8, 4) is 0 Å². The number of fused-ring (bicyclic) bond motifs is 1. The van der Waals surface area contributed by atoms with Crippen molar-refractivity contribution in [1.82, 2.24) is 9.05 Å². The van der Waals surface area contributed by atoms with Crippen LogP contribution in [0.15, 0.2) is 85.1 Å². The summed E-state index contributed by atoms with van der Waals surface area (Å²) in [6.45, 7) is 0.783. The molecule has 0 bridgehead atoms. The minimum Gasteiger partial charge on any atom is -0.347 e. The number of amides is 1. The van der Waals surface area contributed by atoms with E-state index in [2.05, 4.69) is 55.3 Å². The van der Waals surface area contributed by atoms with Gasteiger partial charge in [0.15, 0.2) is 0 Å². The summed E-state index contributed by atoms with van der Waals surface area (Å²) in [6.07, 6.45) is 3.88. The standard InChI is InChI=1S/C29H31N3O2.CH4/c1-32(2,3)26-14-11-22(12-15-26)20-27(33)10-7-18-31-19-17-24-21-25(13-16-28(24)31)30-29(34)23-8-5-4-6-9-23;/h4-6,8-9,11-17,19,21H,7,10,18,20H2,1-3H3;1H4/p+1. The highest BCUT2D eigenvalue weighted by molar-refractivity contribution is 6.05. The van der Waals surface area contributed by atoms with Gasteiger partial charge in [-0.05, 0) is 60.5 Å². The van der Waals surface area contributed by atoms with E-state index in [0.29, 0.717) is 18.4 Å². The predicted octanol–water partition coefficient (Wildman–Crippen LogP) is 6.32. The number of quaternary nitrogens is 1. The topological polar surface area (TPSA) is 51.1 Å². The van der Waals surface area contributed by atoms with Crippen LogP contribution in [-0.2, 0) is 17.8 Å². The number of aryl methyl sites for hydroxylation is 1. The van der Waals surface area contributed by atoms with Crippen LogP contribution >= 0.6 is 0 Å². The number of hydrogen-bond donors (Lipinski definition) is 1. The number of Topliss-reactive ketones (excluding diaryl/α,β-unsaturated/α-hetero) is 1. The molecule has 5 nitrogen and oxygen atoms in total. The Kier molecular flexibility index (Phi) is 8.26. The van der Waals surface area contributed by atoms with Gasteiger partial charge < -0.3 is 9.88 Å². The first-order chi connectivity index (χ1) is 16.3. The molecule has 1 N–H and O–H groups in total. The highest BCUT2D eigenvalue weighted by Gasteiger charge is 2.12. The van der Waals surface area contributed by atoms with Gasteiger partial charge in [0.05, 0.1) is 21.1 Å². The monoisotopic (exact) mass is 470 g/mol. The maximum atomic E-state index is 12.5. The average molecular weight is 471 g/mol. The lowest BCUT2D eigenvalue weighted by Gasteiger charge is -2.23. The van der Waals surface area contributed by atoms with Crippen molar-refractivity contribution in [2.75, 3.05) is 26.5 Å². The smallest absolute Gasteiger partial charge is 0.255 e. The maximum Gasteiger partial charge on any atom is 0.255 e. The van der Waals surface area contributed by atoms with E-state index in [1.54, 1.807) is 12.1 Å². The van der Waals surface area contributed by atoms with Gasteiger partial charge in [0.25, 0.3) is 5.91 Å². The summed E-state index contributed by atoms with van der Waals surface area (Å²) >= 11 is 0. The van der Waals surface area contributed by atoms with Crippen LogP contribution in [0.2, 0.25) is 0 Å². The molecule has 0 radical (unpaired) electrons. The summed E-state index contributed by atoms with van der Waals surface area (Å²) in [4.78, 5) is 24.9. The number of carbonyl (C=O) groups excluding carboxylic acids is 2. The van der Waals surface area contributed by atoms with Gasteiger partial charge in [-0.15, -0.1) is 0 Å². The van der Waals surface area contributed by atoms with E-state index in [9.17, 15) is 9.59 Å². The Morgan fingerprint density at radius 1 is 0.886 bits per heavy atom. The van der Waals surface area contributed by atoms with Gasteiger partial charge in [0, 0.05) is 47.7 Å². The number of ketones is 1. The van der Waals surface area contributed by atoms with E-state index >= 15 is 0 Å². The van der Waals surface area contributed by atoms with Gasteiger partial charge in [-0.3, -0.25) is 14.1 Å². The average Bonchev–Trinajstić information content (AvgIpc) is 3.21. The number of nitrogens with one attached hydrogen (secondary N) is 1. The summed E-state index contributed by atoms with van der Waals surface area (Å²) < 4.78 is 2.93. The highest BCUT2D eigenvalue weighted by Crippen LogP contribution is 2.22. The molecule has 0 fully saturated rings. The first-order valence-corrected chi connectivity index (χ1v) is 11.7. The number of anilines is 1. The Labute approximate surface area is 208 Å². The van der Waals surface area contributed by atoms with Crippen LogP contribution in [0.25, 0.3) is 10.9 Å². The Morgan fingerprint density at radius 2 is 1.60 bits per heavy atom. The van der Waals surface area contributed by atoms with Crippen LogP contribution in [0, 0.1) is 0 Å². The molecule has 5 heteroatoms. The molecule has 0 aliphatic carbocycles. The van der Waals surface area contributed by atoms with Gasteiger partial charge in [-0.2, -0.15) is 0 Å². The second-order valence-electron chi connectivity index (χ2n) is 9.60. The zero-order chi connectivity index (χ0) is 24.1. The molecule has 35 heavy (non-hydrogen) atoms.